The average molecular weight is 229 g/mol. The number of halogens is 2. The standard InChI is InChI=1S/C11H13F2NO2/c1-2-11(16)14-10(6-15)7-3-4-8(12)9(13)5-7/h3-5,10,15H,2,6H2,1H3,(H,14,16). The fraction of sp³-hybridized carbons (Fsp3) is 0.364. The summed E-state index contributed by atoms with van der Waals surface area (Å²) in [4.78, 5) is 11.1. The van der Waals surface area contributed by atoms with E-state index in [0.29, 0.717) is 5.56 Å². The summed E-state index contributed by atoms with van der Waals surface area (Å²) in [6.07, 6.45) is 0.264. The lowest BCUT2D eigenvalue weighted by Crippen LogP contribution is -2.30. The highest BCUT2D eigenvalue weighted by Gasteiger charge is 2.14. The van der Waals surface area contributed by atoms with Crippen molar-refractivity contribution >= 4 is 5.91 Å². The van der Waals surface area contributed by atoms with E-state index in [1.165, 1.54) is 6.07 Å². The van der Waals surface area contributed by atoms with Crippen molar-refractivity contribution in [3.05, 3.63) is 35.4 Å². The van der Waals surface area contributed by atoms with Crippen LogP contribution < -0.4 is 5.32 Å². The molecule has 0 aliphatic heterocycles. The number of aliphatic hydroxyl groups is 1. The minimum Gasteiger partial charge on any atom is -0.394 e. The van der Waals surface area contributed by atoms with Gasteiger partial charge in [0.15, 0.2) is 11.6 Å². The third-order valence-corrected chi connectivity index (χ3v) is 2.18. The Morgan fingerprint density at radius 2 is 2.12 bits per heavy atom. The van der Waals surface area contributed by atoms with Crippen LogP contribution in [0.3, 0.4) is 0 Å². The van der Waals surface area contributed by atoms with E-state index in [0.717, 1.165) is 12.1 Å². The smallest absolute Gasteiger partial charge is 0.220 e. The van der Waals surface area contributed by atoms with E-state index >= 15 is 0 Å². The molecule has 1 unspecified atom stereocenters. The van der Waals surface area contributed by atoms with Gasteiger partial charge in [0.1, 0.15) is 0 Å². The molecule has 2 N–H and O–H groups in total. The van der Waals surface area contributed by atoms with Gasteiger partial charge in [0.2, 0.25) is 5.91 Å². The second kappa shape index (κ2) is 5.55. The average Bonchev–Trinajstić information content (AvgIpc) is 2.29. The maximum absolute atomic E-state index is 12.9. The molecule has 0 aliphatic carbocycles. The molecule has 0 spiro atoms. The van der Waals surface area contributed by atoms with Crippen LogP contribution in [0.15, 0.2) is 18.2 Å². The molecule has 0 bridgehead atoms. The fourth-order valence-electron chi connectivity index (χ4n) is 1.26. The molecule has 1 atom stereocenters. The maximum atomic E-state index is 12.9. The van der Waals surface area contributed by atoms with Crippen molar-refractivity contribution in [2.75, 3.05) is 6.61 Å². The van der Waals surface area contributed by atoms with Gasteiger partial charge in [0, 0.05) is 6.42 Å². The minimum atomic E-state index is -0.998. The summed E-state index contributed by atoms with van der Waals surface area (Å²) in [5.74, 6) is -2.22. The number of benzene rings is 1. The number of aliphatic hydroxyl groups excluding tert-OH is 1. The highest BCUT2D eigenvalue weighted by molar-refractivity contribution is 5.76. The van der Waals surface area contributed by atoms with Gasteiger partial charge in [-0.2, -0.15) is 0 Å². The summed E-state index contributed by atoms with van der Waals surface area (Å²) < 4.78 is 25.6. The molecule has 0 radical (unpaired) electrons. The number of amides is 1. The predicted octanol–water partition coefficient (Wildman–Crippen LogP) is 1.52. The van der Waals surface area contributed by atoms with Crippen molar-refractivity contribution < 1.29 is 18.7 Å². The number of carbonyl (C=O) groups excluding carboxylic acids is 1. The summed E-state index contributed by atoms with van der Waals surface area (Å²) in [5, 5.41) is 11.6. The first-order valence-corrected chi connectivity index (χ1v) is 4.93. The van der Waals surface area contributed by atoms with Crippen LogP contribution in [0.2, 0.25) is 0 Å². The molecule has 1 aromatic rings. The van der Waals surface area contributed by atoms with Gasteiger partial charge in [-0.05, 0) is 17.7 Å². The molecule has 0 saturated heterocycles. The van der Waals surface area contributed by atoms with Crippen molar-refractivity contribution in [2.24, 2.45) is 0 Å². The maximum Gasteiger partial charge on any atom is 0.220 e. The molecule has 5 heteroatoms. The third kappa shape index (κ3) is 3.00. The topological polar surface area (TPSA) is 49.3 Å². The number of hydrogen-bond donors (Lipinski definition) is 2. The highest BCUT2D eigenvalue weighted by Crippen LogP contribution is 2.16. The van der Waals surface area contributed by atoms with Gasteiger partial charge in [-0.1, -0.05) is 13.0 Å². The lowest BCUT2D eigenvalue weighted by atomic mass is 10.1. The van der Waals surface area contributed by atoms with E-state index in [9.17, 15) is 13.6 Å². The Morgan fingerprint density at radius 1 is 1.44 bits per heavy atom. The van der Waals surface area contributed by atoms with E-state index in [4.69, 9.17) is 5.11 Å². The molecular weight excluding hydrogens is 216 g/mol. The Hall–Kier alpha value is -1.49. The Bertz CT molecular complexity index is 382. The first-order chi connectivity index (χ1) is 7.58. The summed E-state index contributed by atoms with van der Waals surface area (Å²) in [5.41, 5.74) is 0.336. The normalized spacial score (nSPS) is 12.2. The highest BCUT2D eigenvalue weighted by atomic mass is 19.2. The minimum absolute atomic E-state index is 0.260. The van der Waals surface area contributed by atoms with Crippen LogP contribution in [-0.4, -0.2) is 17.6 Å². The molecule has 1 amide bonds. The molecule has 0 aromatic heterocycles. The summed E-state index contributed by atoms with van der Waals surface area (Å²) in [6.45, 7) is 1.30. The van der Waals surface area contributed by atoms with Crippen molar-refractivity contribution in [3.63, 3.8) is 0 Å². The van der Waals surface area contributed by atoms with Gasteiger partial charge in [0.25, 0.3) is 0 Å². The summed E-state index contributed by atoms with van der Waals surface area (Å²) >= 11 is 0. The van der Waals surface area contributed by atoms with Gasteiger partial charge in [0.05, 0.1) is 12.6 Å². The molecule has 3 nitrogen and oxygen atoms in total. The van der Waals surface area contributed by atoms with Crippen LogP contribution >= 0.6 is 0 Å². The molecule has 0 aliphatic rings. The lowest BCUT2D eigenvalue weighted by molar-refractivity contribution is -0.121. The number of rotatable bonds is 4. The van der Waals surface area contributed by atoms with Gasteiger partial charge < -0.3 is 10.4 Å². The van der Waals surface area contributed by atoms with Crippen molar-refractivity contribution in [2.45, 2.75) is 19.4 Å². The second-order valence-electron chi connectivity index (χ2n) is 3.33. The van der Waals surface area contributed by atoms with E-state index in [1.54, 1.807) is 6.92 Å². The van der Waals surface area contributed by atoms with Crippen molar-refractivity contribution in [1.82, 2.24) is 5.32 Å². The molecule has 16 heavy (non-hydrogen) atoms. The summed E-state index contributed by atoms with van der Waals surface area (Å²) in [7, 11) is 0. The van der Waals surface area contributed by atoms with Crippen LogP contribution in [0, 0.1) is 11.6 Å². The number of carbonyl (C=O) groups is 1. The van der Waals surface area contributed by atoms with Crippen LogP contribution in [0.1, 0.15) is 24.9 Å². The molecule has 1 rings (SSSR count). The van der Waals surface area contributed by atoms with Crippen LogP contribution in [0.5, 0.6) is 0 Å². The van der Waals surface area contributed by atoms with Crippen LogP contribution in [0.4, 0.5) is 8.78 Å². The number of nitrogens with one attached hydrogen (secondary N) is 1. The lowest BCUT2D eigenvalue weighted by Gasteiger charge is -2.16. The zero-order valence-corrected chi connectivity index (χ0v) is 8.84. The second-order valence-corrected chi connectivity index (χ2v) is 3.33. The third-order valence-electron chi connectivity index (χ3n) is 2.18. The molecule has 0 heterocycles. The largest absolute Gasteiger partial charge is 0.394 e. The fourth-order valence-corrected chi connectivity index (χ4v) is 1.26. The van der Waals surface area contributed by atoms with Crippen LogP contribution in [-0.2, 0) is 4.79 Å². The quantitative estimate of drug-likeness (QED) is 0.822. The Labute approximate surface area is 92.1 Å². The van der Waals surface area contributed by atoms with Crippen LogP contribution in [0.25, 0.3) is 0 Å². The first kappa shape index (κ1) is 12.6. The Kier molecular flexibility index (Phi) is 4.37. The predicted molar refractivity (Wildman–Crippen MR) is 54.6 cm³/mol. The molecule has 0 saturated carbocycles. The van der Waals surface area contributed by atoms with E-state index in [2.05, 4.69) is 5.32 Å². The van der Waals surface area contributed by atoms with Gasteiger partial charge >= 0.3 is 0 Å². The van der Waals surface area contributed by atoms with E-state index in [1.807, 2.05) is 0 Å². The first-order valence-electron chi connectivity index (χ1n) is 4.93. The van der Waals surface area contributed by atoms with Gasteiger partial charge in [-0.15, -0.1) is 0 Å². The molecule has 1 aromatic carbocycles. The monoisotopic (exact) mass is 229 g/mol. The van der Waals surface area contributed by atoms with Crippen molar-refractivity contribution in [1.29, 1.82) is 0 Å². The zero-order chi connectivity index (χ0) is 12.1. The van der Waals surface area contributed by atoms with Gasteiger partial charge in [-0.3, -0.25) is 4.79 Å². The molecular formula is C11H13F2NO2. The Morgan fingerprint density at radius 3 is 2.62 bits per heavy atom. The van der Waals surface area contributed by atoms with E-state index < -0.39 is 17.7 Å². The SMILES string of the molecule is CCC(=O)NC(CO)c1ccc(F)c(F)c1. The zero-order valence-electron chi connectivity index (χ0n) is 8.84. The molecule has 0 fully saturated rings. The number of hydrogen-bond acceptors (Lipinski definition) is 2. The van der Waals surface area contributed by atoms with Gasteiger partial charge in [-0.25, -0.2) is 8.78 Å². The van der Waals surface area contributed by atoms with E-state index in [-0.39, 0.29) is 18.9 Å². The van der Waals surface area contributed by atoms with Crippen molar-refractivity contribution in [3.8, 4) is 0 Å². The summed E-state index contributed by atoms with van der Waals surface area (Å²) in [6, 6.07) is 2.55. The molecule has 88 valence electrons. The Balaban J connectivity index is 2.86.